The zero-order valence-corrected chi connectivity index (χ0v) is 7.56. The third-order valence-electron chi connectivity index (χ3n) is 2.29. The molecule has 0 N–H and O–H groups in total. The molecule has 0 fully saturated rings. The van der Waals surface area contributed by atoms with Crippen LogP contribution in [0.5, 0.6) is 0 Å². The van der Waals surface area contributed by atoms with Crippen LogP contribution in [-0.4, -0.2) is 4.98 Å². The number of halogens is 1. The van der Waals surface area contributed by atoms with E-state index in [9.17, 15) is 0 Å². The Morgan fingerprint density at radius 1 is 1.42 bits per heavy atom. The van der Waals surface area contributed by atoms with E-state index in [4.69, 9.17) is 11.6 Å². The number of hydrogen-bond donors (Lipinski definition) is 0. The Bertz CT molecular complexity index is 331. The van der Waals surface area contributed by atoms with Gasteiger partial charge in [-0.2, -0.15) is 0 Å². The van der Waals surface area contributed by atoms with Crippen molar-refractivity contribution in [2.24, 2.45) is 0 Å². The number of allylic oxidation sites excluding steroid dienone is 1. The number of pyridine rings is 1. The molecule has 1 aromatic rings. The minimum atomic E-state index is 0.647. The molecule has 0 spiro atoms. The van der Waals surface area contributed by atoms with E-state index in [1.54, 1.807) is 6.20 Å². The molecule has 12 heavy (non-hydrogen) atoms. The van der Waals surface area contributed by atoms with Crippen molar-refractivity contribution in [2.45, 2.75) is 19.3 Å². The molecule has 1 heterocycles. The fourth-order valence-electron chi connectivity index (χ4n) is 1.65. The predicted molar refractivity (Wildman–Crippen MR) is 51.2 cm³/mol. The Morgan fingerprint density at radius 2 is 2.25 bits per heavy atom. The summed E-state index contributed by atoms with van der Waals surface area (Å²) in [6.07, 6.45) is 5.03. The average Bonchev–Trinajstić information content (AvgIpc) is 2.07. The molecule has 0 saturated carbocycles. The minimum absolute atomic E-state index is 0.647. The lowest BCUT2D eigenvalue weighted by atomic mass is 9.90. The van der Waals surface area contributed by atoms with Crippen molar-refractivity contribution in [2.75, 3.05) is 0 Å². The molecule has 0 aromatic carbocycles. The van der Waals surface area contributed by atoms with Crippen LogP contribution in [0.4, 0.5) is 0 Å². The lowest BCUT2D eigenvalue weighted by molar-refractivity contribution is 0.818. The Labute approximate surface area is 77.1 Å². The van der Waals surface area contributed by atoms with E-state index in [1.165, 1.54) is 16.7 Å². The summed E-state index contributed by atoms with van der Waals surface area (Å²) in [6.45, 7) is 4.01. The van der Waals surface area contributed by atoms with Crippen LogP contribution < -0.4 is 0 Å². The second kappa shape index (κ2) is 2.91. The molecule has 0 aliphatic heterocycles. The monoisotopic (exact) mass is 179 g/mol. The van der Waals surface area contributed by atoms with E-state index in [2.05, 4.69) is 11.6 Å². The van der Waals surface area contributed by atoms with Crippen LogP contribution in [0.15, 0.2) is 18.8 Å². The normalized spacial score (nSPS) is 15.9. The minimum Gasteiger partial charge on any atom is -0.244 e. The fourth-order valence-corrected chi connectivity index (χ4v) is 1.90. The van der Waals surface area contributed by atoms with Crippen LogP contribution in [0.2, 0.25) is 5.15 Å². The topological polar surface area (TPSA) is 12.9 Å². The number of hydrogen-bond acceptors (Lipinski definition) is 1. The van der Waals surface area contributed by atoms with Crippen molar-refractivity contribution in [1.29, 1.82) is 0 Å². The molecule has 0 bridgehead atoms. The molecule has 2 heteroatoms. The second-order valence-electron chi connectivity index (χ2n) is 3.08. The van der Waals surface area contributed by atoms with Crippen molar-refractivity contribution < 1.29 is 0 Å². The van der Waals surface area contributed by atoms with E-state index >= 15 is 0 Å². The number of fused-ring (bicyclic) bond motifs is 1. The maximum atomic E-state index is 5.96. The standard InChI is InChI=1S/C10H10ClN/c1-7-3-2-4-9-8(7)5-6-12-10(9)11/h5-6H,1-4H2. The number of rotatable bonds is 0. The van der Waals surface area contributed by atoms with E-state index in [0.29, 0.717) is 5.15 Å². The highest BCUT2D eigenvalue weighted by Crippen LogP contribution is 2.32. The largest absolute Gasteiger partial charge is 0.244 e. The van der Waals surface area contributed by atoms with E-state index < -0.39 is 0 Å². The van der Waals surface area contributed by atoms with Gasteiger partial charge in [0.15, 0.2) is 0 Å². The van der Waals surface area contributed by atoms with Gasteiger partial charge >= 0.3 is 0 Å². The number of nitrogens with zero attached hydrogens (tertiary/aromatic N) is 1. The number of aromatic nitrogens is 1. The van der Waals surface area contributed by atoms with Crippen molar-refractivity contribution >= 4 is 17.2 Å². The molecule has 0 amide bonds. The Balaban J connectivity index is 2.59. The molecular formula is C10H10ClN. The Kier molecular flexibility index (Phi) is 1.89. The summed E-state index contributed by atoms with van der Waals surface area (Å²) in [5, 5.41) is 0.647. The first-order chi connectivity index (χ1) is 5.79. The molecule has 1 aromatic heterocycles. The summed E-state index contributed by atoms with van der Waals surface area (Å²) in [5.41, 5.74) is 3.58. The van der Waals surface area contributed by atoms with Crippen LogP contribution in [-0.2, 0) is 6.42 Å². The molecule has 0 saturated heterocycles. The van der Waals surface area contributed by atoms with Crippen LogP contribution >= 0.6 is 11.6 Å². The summed E-state index contributed by atoms with van der Waals surface area (Å²) < 4.78 is 0. The van der Waals surface area contributed by atoms with Gasteiger partial charge in [0.25, 0.3) is 0 Å². The SMILES string of the molecule is C=C1CCCc2c1ccnc2Cl. The summed E-state index contributed by atoms with van der Waals surface area (Å²) in [6, 6.07) is 2.00. The Hall–Kier alpha value is -0.820. The van der Waals surface area contributed by atoms with Crippen LogP contribution in [0, 0.1) is 0 Å². The van der Waals surface area contributed by atoms with Gasteiger partial charge in [-0.3, -0.25) is 0 Å². The summed E-state index contributed by atoms with van der Waals surface area (Å²) in [4.78, 5) is 4.05. The first-order valence-corrected chi connectivity index (χ1v) is 4.48. The third kappa shape index (κ3) is 1.14. The smallest absolute Gasteiger partial charge is 0.132 e. The molecule has 0 atom stereocenters. The second-order valence-corrected chi connectivity index (χ2v) is 3.44. The molecule has 2 rings (SSSR count). The average molecular weight is 180 g/mol. The lowest BCUT2D eigenvalue weighted by Gasteiger charge is -2.17. The van der Waals surface area contributed by atoms with E-state index in [1.807, 2.05) is 6.07 Å². The fraction of sp³-hybridized carbons (Fsp3) is 0.300. The highest BCUT2D eigenvalue weighted by molar-refractivity contribution is 6.30. The molecule has 1 nitrogen and oxygen atoms in total. The first kappa shape index (κ1) is 7.81. The van der Waals surface area contributed by atoms with Gasteiger partial charge in [0.2, 0.25) is 0 Å². The summed E-state index contributed by atoms with van der Waals surface area (Å²) in [7, 11) is 0. The van der Waals surface area contributed by atoms with E-state index in [0.717, 1.165) is 19.3 Å². The molecule has 0 unspecified atom stereocenters. The third-order valence-corrected chi connectivity index (χ3v) is 2.62. The maximum Gasteiger partial charge on any atom is 0.132 e. The molecule has 62 valence electrons. The van der Waals surface area contributed by atoms with Crippen molar-refractivity contribution in [3.8, 4) is 0 Å². The van der Waals surface area contributed by atoms with E-state index in [-0.39, 0.29) is 0 Å². The summed E-state index contributed by atoms with van der Waals surface area (Å²) >= 11 is 5.96. The van der Waals surface area contributed by atoms with Gasteiger partial charge < -0.3 is 0 Å². The van der Waals surface area contributed by atoms with Crippen LogP contribution in [0.25, 0.3) is 5.57 Å². The first-order valence-electron chi connectivity index (χ1n) is 4.10. The highest BCUT2D eigenvalue weighted by Gasteiger charge is 2.14. The molecule has 0 radical (unpaired) electrons. The van der Waals surface area contributed by atoms with Gasteiger partial charge in [-0.15, -0.1) is 0 Å². The molecule has 1 aliphatic rings. The zero-order valence-electron chi connectivity index (χ0n) is 6.81. The zero-order chi connectivity index (χ0) is 8.55. The van der Waals surface area contributed by atoms with Gasteiger partial charge in [-0.1, -0.05) is 18.2 Å². The lowest BCUT2D eigenvalue weighted by Crippen LogP contribution is -2.02. The van der Waals surface area contributed by atoms with Crippen molar-refractivity contribution in [1.82, 2.24) is 4.98 Å². The quantitative estimate of drug-likeness (QED) is 0.558. The maximum absolute atomic E-state index is 5.96. The molecule has 1 aliphatic carbocycles. The van der Waals surface area contributed by atoms with Gasteiger partial charge in [0, 0.05) is 6.20 Å². The van der Waals surface area contributed by atoms with Gasteiger partial charge in [-0.25, -0.2) is 4.98 Å². The molecular weight excluding hydrogens is 170 g/mol. The van der Waals surface area contributed by atoms with Crippen molar-refractivity contribution in [3.05, 3.63) is 35.1 Å². The van der Waals surface area contributed by atoms with Gasteiger partial charge in [0.1, 0.15) is 5.15 Å². The predicted octanol–water partition coefficient (Wildman–Crippen LogP) is 3.08. The highest BCUT2D eigenvalue weighted by atomic mass is 35.5. The summed E-state index contributed by atoms with van der Waals surface area (Å²) in [5.74, 6) is 0. The van der Waals surface area contributed by atoms with Crippen molar-refractivity contribution in [3.63, 3.8) is 0 Å². The van der Waals surface area contributed by atoms with Crippen LogP contribution in [0.1, 0.15) is 24.0 Å². The Morgan fingerprint density at radius 3 is 3.00 bits per heavy atom. The van der Waals surface area contributed by atoms with Gasteiger partial charge in [-0.05, 0) is 42.0 Å². The van der Waals surface area contributed by atoms with Crippen LogP contribution in [0.3, 0.4) is 0 Å². The van der Waals surface area contributed by atoms with Gasteiger partial charge in [0.05, 0.1) is 0 Å².